The minimum absolute atomic E-state index is 0.403. The lowest BCUT2D eigenvalue weighted by molar-refractivity contribution is 0.166. The summed E-state index contributed by atoms with van der Waals surface area (Å²) in [4.78, 5) is 0. The highest BCUT2D eigenvalue weighted by molar-refractivity contribution is 5.07. The van der Waals surface area contributed by atoms with Gasteiger partial charge < -0.3 is 9.73 Å². The summed E-state index contributed by atoms with van der Waals surface area (Å²) in [5.41, 5.74) is 0. The molecule has 0 aromatic carbocycles. The zero-order valence-electron chi connectivity index (χ0n) is 10.4. The van der Waals surface area contributed by atoms with E-state index in [1.165, 1.54) is 32.1 Å². The predicted molar refractivity (Wildman–Crippen MR) is 66.2 cm³/mol. The van der Waals surface area contributed by atoms with Gasteiger partial charge in [-0.05, 0) is 37.4 Å². The van der Waals surface area contributed by atoms with Crippen LogP contribution in [0.15, 0.2) is 22.8 Å². The molecule has 0 bridgehead atoms. The Kier molecular flexibility index (Phi) is 4.05. The Bertz CT molecular complexity index is 294. The van der Waals surface area contributed by atoms with E-state index < -0.39 is 0 Å². The van der Waals surface area contributed by atoms with Crippen LogP contribution in [0.1, 0.15) is 50.8 Å². The lowest BCUT2D eigenvalue weighted by Gasteiger charge is -2.35. The number of furan rings is 1. The van der Waals surface area contributed by atoms with Gasteiger partial charge in [0.25, 0.3) is 0 Å². The SMILES string of the molecule is CCC1CCCCC1C(NC)c1ccco1. The maximum absolute atomic E-state index is 5.57. The molecule has 1 aromatic heterocycles. The summed E-state index contributed by atoms with van der Waals surface area (Å²) in [6.07, 6.45) is 8.58. The van der Waals surface area contributed by atoms with Gasteiger partial charge in [-0.15, -0.1) is 0 Å². The van der Waals surface area contributed by atoms with E-state index in [-0.39, 0.29) is 0 Å². The van der Waals surface area contributed by atoms with Gasteiger partial charge in [0.15, 0.2) is 0 Å². The van der Waals surface area contributed by atoms with Gasteiger partial charge in [-0.25, -0.2) is 0 Å². The van der Waals surface area contributed by atoms with E-state index in [1.54, 1.807) is 6.26 Å². The van der Waals surface area contributed by atoms with Gasteiger partial charge in [-0.2, -0.15) is 0 Å². The average molecular weight is 221 g/mol. The molecule has 16 heavy (non-hydrogen) atoms. The maximum atomic E-state index is 5.57. The highest BCUT2D eigenvalue weighted by Gasteiger charge is 2.32. The number of hydrogen-bond donors (Lipinski definition) is 1. The summed E-state index contributed by atoms with van der Waals surface area (Å²) in [5.74, 6) is 2.71. The van der Waals surface area contributed by atoms with E-state index >= 15 is 0 Å². The number of hydrogen-bond acceptors (Lipinski definition) is 2. The molecule has 90 valence electrons. The third-order valence-corrected chi connectivity index (χ3v) is 4.08. The molecule has 1 N–H and O–H groups in total. The summed E-state index contributed by atoms with van der Waals surface area (Å²) in [5, 5.41) is 3.44. The van der Waals surface area contributed by atoms with Crippen molar-refractivity contribution in [2.75, 3.05) is 7.05 Å². The zero-order chi connectivity index (χ0) is 11.4. The van der Waals surface area contributed by atoms with Gasteiger partial charge in [0.05, 0.1) is 12.3 Å². The van der Waals surface area contributed by atoms with Crippen molar-refractivity contribution in [3.8, 4) is 0 Å². The molecule has 1 saturated carbocycles. The van der Waals surface area contributed by atoms with E-state index in [0.717, 1.165) is 17.6 Å². The second-order valence-corrected chi connectivity index (χ2v) is 4.90. The molecule has 0 aliphatic heterocycles. The molecule has 2 heteroatoms. The fourth-order valence-corrected chi connectivity index (χ4v) is 3.22. The number of nitrogens with one attached hydrogen (secondary N) is 1. The minimum atomic E-state index is 0.403. The molecule has 1 aliphatic rings. The monoisotopic (exact) mass is 221 g/mol. The van der Waals surface area contributed by atoms with Crippen LogP contribution in [0.25, 0.3) is 0 Å². The third-order valence-electron chi connectivity index (χ3n) is 4.08. The maximum Gasteiger partial charge on any atom is 0.120 e. The van der Waals surface area contributed by atoms with Gasteiger partial charge in [-0.1, -0.05) is 32.6 Å². The molecule has 1 fully saturated rings. The molecule has 1 aromatic rings. The van der Waals surface area contributed by atoms with Gasteiger partial charge in [-0.3, -0.25) is 0 Å². The van der Waals surface area contributed by atoms with Crippen LogP contribution in [0.5, 0.6) is 0 Å². The van der Waals surface area contributed by atoms with Gasteiger partial charge in [0, 0.05) is 0 Å². The molecule has 3 atom stereocenters. The summed E-state index contributed by atoms with van der Waals surface area (Å²) >= 11 is 0. The molecule has 0 radical (unpaired) electrons. The van der Waals surface area contributed by atoms with Crippen LogP contribution in [-0.4, -0.2) is 7.05 Å². The van der Waals surface area contributed by atoms with Crippen LogP contribution in [0.3, 0.4) is 0 Å². The Labute approximate surface area is 98.4 Å². The minimum Gasteiger partial charge on any atom is -0.468 e. The molecule has 0 amide bonds. The zero-order valence-corrected chi connectivity index (χ0v) is 10.4. The molecule has 1 aliphatic carbocycles. The highest BCUT2D eigenvalue weighted by Crippen LogP contribution is 2.40. The van der Waals surface area contributed by atoms with Crippen LogP contribution in [0.4, 0.5) is 0 Å². The van der Waals surface area contributed by atoms with Crippen LogP contribution in [0, 0.1) is 11.8 Å². The Hall–Kier alpha value is -0.760. The summed E-state index contributed by atoms with van der Waals surface area (Å²) in [7, 11) is 2.05. The Morgan fingerprint density at radius 1 is 1.44 bits per heavy atom. The quantitative estimate of drug-likeness (QED) is 0.837. The Morgan fingerprint density at radius 3 is 2.88 bits per heavy atom. The molecule has 2 rings (SSSR count). The van der Waals surface area contributed by atoms with Crippen molar-refractivity contribution in [2.24, 2.45) is 11.8 Å². The number of rotatable bonds is 4. The normalized spacial score (nSPS) is 27.9. The van der Waals surface area contributed by atoms with E-state index in [1.807, 2.05) is 6.07 Å². The standard InChI is InChI=1S/C14H23NO/c1-3-11-7-4-5-8-12(11)14(15-2)13-9-6-10-16-13/h6,9-12,14-15H,3-5,7-8H2,1-2H3. The largest absolute Gasteiger partial charge is 0.468 e. The van der Waals surface area contributed by atoms with Crippen LogP contribution in [0.2, 0.25) is 0 Å². The van der Waals surface area contributed by atoms with Crippen molar-refractivity contribution in [3.05, 3.63) is 24.2 Å². The van der Waals surface area contributed by atoms with Crippen molar-refractivity contribution in [1.82, 2.24) is 5.32 Å². The first-order valence-corrected chi connectivity index (χ1v) is 6.57. The second-order valence-electron chi connectivity index (χ2n) is 4.90. The lowest BCUT2D eigenvalue weighted by Crippen LogP contribution is -2.32. The lowest BCUT2D eigenvalue weighted by atomic mass is 9.73. The molecular weight excluding hydrogens is 198 g/mol. The van der Waals surface area contributed by atoms with Gasteiger partial charge >= 0.3 is 0 Å². The first kappa shape index (κ1) is 11.7. The molecule has 0 saturated heterocycles. The summed E-state index contributed by atoms with van der Waals surface area (Å²) < 4.78 is 5.57. The highest BCUT2D eigenvalue weighted by atomic mass is 16.3. The predicted octanol–water partition coefficient (Wildman–Crippen LogP) is 3.76. The average Bonchev–Trinajstić information content (AvgIpc) is 2.84. The van der Waals surface area contributed by atoms with E-state index in [4.69, 9.17) is 4.42 Å². The first-order chi connectivity index (χ1) is 7.86. The fraction of sp³-hybridized carbons (Fsp3) is 0.714. The van der Waals surface area contributed by atoms with Gasteiger partial charge in [0.1, 0.15) is 5.76 Å². The van der Waals surface area contributed by atoms with Gasteiger partial charge in [0.2, 0.25) is 0 Å². The fourth-order valence-electron chi connectivity index (χ4n) is 3.22. The first-order valence-electron chi connectivity index (χ1n) is 6.57. The van der Waals surface area contributed by atoms with E-state index in [0.29, 0.717) is 6.04 Å². The van der Waals surface area contributed by atoms with Crippen molar-refractivity contribution in [3.63, 3.8) is 0 Å². The second kappa shape index (κ2) is 5.53. The Morgan fingerprint density at radius 2 is 2.25 bits per heavy atom. The summed E-state index contributed by atoms with van der Waals surface area (Å²) in [6.45, 7) is 2.32. The molecule has 0 spiro atoms. The van der Waals surface area contributed by atoms with Crippen LogP contribution in [-0.2, 0) is 0 Å². The van der Waals surface area contributed by atoms with E-state index in [9.17, 15) is 0 Å². The van der Waals surface area contributed by atoms with Crippen molar-refractivity contribution in [1.29, 1.82) is 0 Å². The van der Waals surface area contributed by atoms with E-state index in [2.05, 4.69) is 25.4 Å². The van der Waals surface area contributed by atoms with Crippen molar-refractivity contribution in [2.45, 2.75) is 45.1 Å². The van der Waals surface area contributed by atoms with Crippen molar-refractivity contribution >= 4 is 0 Å². The van der Waals surface area contributed by atoms with Crippen molar-refractivity contribution < 1.29 is 4.42 Å². The smallest absolute Gasteiger partial charge is 0.120 e. The topological polar surface area (TPSA) is 25.2 Å². The van der Waals surface area contributed by atoms with Crippen LogP contribution < -0.4 is 5.32 Å². The molecule has 1 heterocycles. The molecular formula is C14H23NO. The summed E-state index contributed by atoms with van der Waals surface area (Å²) in [6, 6.07) is 4.49. The molecule has 2 nitrogen and oxygen atoms in total. The third kappa shape index (κ3) is 2.32. The van der Waals surface area contributed by atoms with Crippen LogP contribution >= 0.6 is 0 Å². The molecule has 3 unspecified atom stereocenters. The Balaban J connectivity index is 2.13.